The smallest absolute Gasteiger partial charge is 0.321 e. The van der Waals surface area contributed by atoms with Crippen LogP contribution in [0.3, 0.4) is 0 Å². The van der Waals surface area contributed by atoms with E-state index in [9.17, 15) is 19.2 Å². The lowest BCUT2D eigenvalue weighted by atomic mass is 10.1. The number of nitrogens with zero attached hydrogens (tertiary/aromatic N) is 1. The van der Waals surface area contributed by atoms with Crippen LogP contribution in [0.4, 0.5) is 10.5 Å². The van der Waals surface area contributed by atoms with Crippen LogP contribution in [-0.4, -0.2) is 43.5 Å². The van der Waals surface area contributed by atoms with Crippen molar-refractivity contribution in [1.82, 2.24) is 10.6 Å². The number of aryl methyl sites for hydroxylation is 1. The van der Waals surface area contributed by atoms with Crippen molar-refractivity contribution < 1.29 is 23.9 Å². The van der Waals surface area contributed by atoms with Crippen LogP contribution in [-0.2, 0) is 19.1 Å². The molecule has 8 nitrogen and oxygen atoms in total. The summed E-state index contributed by atoms with van der Waals surface area (Å²) in [7, 11) is 1.36. The highest BCUT2D eigenvalue weighted by atomic mass is 16.5. The Morgan fingerprint density at radius 1 is 1.24 bits per heavy atom. The molecular weight excluding hydrogens is 326 g/mol. The first-order valence-electron chi connectivity index (χ1n) is 7.92. The van der Waals surface area contributed by atoms with E-state index in [1.807, 2.05) is 36.5 Å². The lowest BCUT2D eigenvalue weighted by Crippen LogP contribution is -2.44. The Kier molecular flexibility index (Phi) is 5.74. The number of hydrogen-bond acceptors (Lipinski definition) is 5. The third-order valence-corrected chi connectivity index (χ3v) is 3.93. The van der Waals surface area contributed by atoms with E-state index in [-0.39, 0.29) is 18.9 Å². The van der Waals surface area contributed by atoms with Crippen molar-refractivity contribution in [3.63, 3.8) is 0 Å². The summed E-state index contributed by atoms with van der Waals surface area (Å²) in [5, 5.41) is 4.26. The van der Waals surface area contributed by atoms with Crippen molar-refractivity contribution in [2.75, 3.05) is 18.5 Å². The van der Waals surface area contributed by atoms with Gasteiger partial charge in [0.1, 0.15) is 0 Å². The molecular formula is C17H21N3O5. The van der Waals surface area contributed by atoms with E-state index in [1.165, 1.54) is 18.9 Å². The fourth-order valence-corrected chi connectivity index (χ4v) is 2.44. The summed E-state index contributed by atoms with van der Waals surface area (Å²) in [6.45, 7) is 3.51. The van der Waals surface area contributed by atoms with Crippen LogP contribution in [0, 0.1) is 12.8 Å². The number of amides is 4. The predicted octanol–water partition coefficient (Wildman–Crippen LogP) is 0.735. The van der Waals surface area contributed by atoms with Gasteiger partial charge in [0.05, 0.1) is 5.92 Å². The molecule has 1 heterocycles. The number of hydrogen-bond donors (Lipinski definition) is 2. The SMILES string of the molecule is CNC(=O)NC(=O)[C@H](C)OC(=O)[C@@H]1CC(=O)N(c2ccc(C)cc2)C1. The van der Waals surface area contributed by atoms with Crippen LogP contribution in [0.25, 0.3) is 0 Å². The Morgan fingerprint density at radius 3 is 2.48 bits per heavy atom. The summed E-state index contributed by atoms with van der Waals surface area (Å²) in [5.41, 5.74) is 1.79. The molecule has 0 aromatic heterocycles. The van der Waals surface area contributed by atoms with E-state index in [2.05, 4.69) is 5.32 Å². The quantitative estimate of drug-likeness (QED) is 0.782. The Bertz CT molecular complexity index is 686. The summed E-state index contributed by atoms with van der Waals surface area (Å²) in [6.07, 6.45) is -1.11. The van der Waals surface area contributed by atoms with E-state index in [4.69, 9.17) is 4.74 Å². The van der Waals surface area contributed by atoms with Gasteiger partial charge in [-0.05, 0) is 26.0 Å². The van der Waals surface area contributed by atoms with Gasteiger partial charge in [-0.2, -0.15) is 0 Å². The largest absolute Gasteiger partial charge is 0.452 e. The molecule has 1 aliphatic rings. The van der Waals surface area contributed by atoms with E-state index >= 15 is 0 Å². The third-order valence-electron chi connectivity index (χ3n) is 3.93. The Labute approximate surface area is 145 Å². The van der Waals surface area contributed by atoms with E-state index in [1.54, 1.807) is 0 Å². The van der Waals surface area contributed by atoms with Crippen LogP contribution in [0.5, 0.6) is 0 Å². The number of anilines is 1. The summed E-state index contributed by atoms with van der Waals surface area (Å²) >= 11 is 0. The lowest BCUT2D eigenvalue weighted by Gasteiger charge is -2.18. The maximum Gasteiger partial charge on any atom is 0.321 e. The van der Waals surface area contributed by atoms with Crippen LogP contribution < -0.4 is 15.5 Å². The number of carbonyl (C=O) groups excluding carboxylic acids is 4. The number of urea groups is 1. The minimum Gasteiger partial charge on any atom is -0.452 e. The van der Waals surface area contributed by atoms with Gasteiger partial charge in [-0.25, -0.2) is 4.79 Å². The van der Waals surface area contributed by atoms with E-state index in [0.29, 0.717) is 0 Å². The van der Waals surface area contributed by atoms with Gasteiger partial charge < -0.3 is 15.0 Å². The van der Waals surface area contributed by atoms with Crippen LogP contribution in [0.15, 0.2) is 24.3 Å². The van der Waals surface area contributed by atoms with Crippen molar-refractivity contribution >= 4 is 29.5 Å². The number of imide groups is 1. The summed E-state index contributed by atoms with van der Waals surface area (Å²) in [6, 6.07) is 6.73. The average Bonchev–Trinajstić information content (AvgIpc) is 2.97. The van der Waals surface area contributed by atoms with Gasteiger partial charge in [-0.3, -0.25) is 19.7 Å². The van der Waals surface area contributed by atoms with Gasteiger partial charge in [0.15, 0.2) is 6.10 Å². The molecule has 0 radical (unpaired) electrons. The molecule has 0 aliphatic carbocycles. The molecule has 1 aromatic carbocycles. The molecule has 25 heavy (non-hydrogen) atoms. The molecule has 2 rings (SSSR count). The van der Waals surface area contributed by atoms with Crippen molar-refractivity contribution in [3.8, 4) is 0 Å². The molecule has 1 aliphatic heterocycles. The monoisotopic (exact) mass is 347 g/mol. The predicted molar refractivity (Wildman–Crippen MR) is 89.8 cm³/mol. The zero-order chi connectivity index (χ0) is 18.6. The maximum absolute atomic E-state index is 12.2. The molecule has 1 saturated heterocycles. The highest BCUT2D eigenvalue weighted by Gasteiger charge is 2.37. The standard InChI is InChI=1S/C17H21N3O5/c1-10-4-6-13(7-5-10)20-9-12(8-14(20)21)16(23)25-11(2)15(22)19-17(24)18-3/h4-7,11-12H,8-9H2,1-3H3,(H2,18,19,22,24)/t11-,12+/m0/s1. The summed E-state index contributed by atoms with van der Waals surface area (Å²) in [4.78, 5) is 48.7. The van der Waals surface area contributed by atoms with Crippen LogP contribution in [0.2, 0.25) is 0 Å². The maximum atomic E-state index is 12.2. The first-order chi connectivity index (χ1) is 11.8. The molecule has 0 bridgehead atoms. The minimum atomic E-state index is -1.13. The zero-order valence-electron chi connectivity index (χ0n) is 14.4. The first-order valence-corrected chi connectivity index (χ1v) is 7.92. The Morgan fingerprint density at radius 2 is 1.88 bits per heavy atom. The average molecular weight is 347 g/mol. The van der Waals surface area contributed by atoms with E-state index < -0.39 is 29.9 Å². The van der Waals surface area contributed by atoms with Crippen molar-refractivity contribution in [2.24, 2.45) is 5.92 Å². The highest BCUT2D eigenvalue weighted by Crippen LogP contribution is 2.26. The van der Waals surface area contributed by atoms with Gasteiger partial charge in [-0.1, -0.05) is 17.7 Å². The van der Waals surface area contributed by atoms with Gasteiger partial charge in [0.25, 0.3) is 5.91 Å². The normalized spacial score (nSPS) is 17.8. The molecule has 2 N–H and O–H groups in total. The Balaban J connectivity index is 1.94. The van der Waals surface area contributed by atoms with Gasteiger partial charge >= 0.3 is 12.0 Å². The third kappa shape index (κ3) is 4.56. The number of rotatable bonds is 4. The molecule has 134 valence electrons. The second-order valence-corrected chi connectivity index (χ2v) is 5.89. The molecule has 4 amide bonds. The molecule has 8 heteroatoms. The molecule has 0 unspecified atom stereocenters. The molecule has 2 atom stereocenters. The fourth-order valence-electron chi connectivity index (χ4n) is 2.44. The highest BCUT2D eigenvalue weighted by molar-refractivity contribution is 6.00. The molecule has 1 fully saturated rings. The second-order valence-electron chi connectivity index (χ2n) is 5.89. The van der Waals surface area contributed by atoms with Gasteiger partial charge in [0, 0.05) is 25.7 Å². The van der Waals surface area contributed by atoms with Gasteiger partial charge in [0.2, 0.25) is 5.91 Å². The zero-order valence-corrected chi connectivity index (χ0v) is 14.4. The lowest BCUT2D eigenvalue weighted by molar-refractivity contribution is -0.158. The number of carbonyl (C=O) groups is 4. The summed E-state index contributed by atoms with van der Waals surface area (Å²) < 4.78 is 5.08. The summed E-state index contributed by atoms with van der Waals surface area (Å²) in [5.74, 6) is -2.19. The molecule has 0 spiro atoms. The van der Waals surface area contributed by atoms with Crippen LogP contribution in [0.1, 0.15) is 18.9 Å². The molecule has 1 aromatic rings. The van der Waals surface area contributed by atoms with Crippen molar-refractivity contribution in [2.45, 2.75) is 26.4 Å². The van der Waals surface area contributed by atoms with Crippen LogP contribution >= 0.6 is 0 Å². The number of esters is 1. The topological polar surface area (TPSA) is 105 Å². The second kappa shape index (κ2) is 7.78. The van der Waals surface area contributed by atoms with Crippen molar-refractivity contribution in [3.05, 3.63) is 29.8 Å². The van der Waals surface area contributed by atoms with Gasteiger partial charge in [-0.15, -0.1) is 0 Å². The first kappa shape index (κ1) is 18.4. The Hall–Kier alpha value is -2.90. The fraction of sp³-hybridized carbons (Fsp3) is 0.412. The number of nitrogens with one attached hydrogen (secondary N) is 2. The minimum absolute atomic E-state index is 0.0243. The van der Waals surface area contributed by atoms with Crippen molar-refractivity contribution in [1.29, 1.82) is 0 Å². The number of ether oxygens (including phenoxy) is 1. The number of benzene rings is 1. The van der Waals surface area contributed by atoms with E-state index in [0.717, 1.165) is 11.3 Å². The molecule has 0 saturated carbocycles.